The van der Waals surface area contributed by atoms with E-state index in [1.165, 1.54) is 5.70 Å². The molecule has 21 heavy (non-hydrogen) atoms. The van der Waals surface area contributed by atoms with Crippen molar-refractivity contribution in [1.82, 2.24) is 9.80 Å². The first-order valence-electron chi connectivity index (χ1n) is 8.79. The standard InChI is InChI=1S/C19H40N2/c1-15(2)10-20(11-16(3)4)14-19(9)21(12-17(5)6)13-18(7)8/h14-18H,10-13H2,1-9H3. The smallest absolute Gasteiger partial charge is 0.0263 e. The van der Waals surface area contributed by atoms with Gasteiger partial charge in [-0.1, -0.05) is 55.4 Å². The Morgan fingerprint density at radius 3 is 1.29 bits per heavy atom. The van der Waals surface area contributed by atoms with Crippen LogP contribution in [0.25, 0.3) is 0 Å². The highest BCUT2D eigenvalue weighted by Crippen LogP contribution is 2.14. The lowest BCUT2D eigenvalue weighted by Gasteiger charge is -2.32. The molecule has 0 N–H and O–H groups in total. The molecule has 0 saturated heterocycles. The van der Waals surface area contributed by atoms with Gasteiger partial charge in [-0.3, -0.25) is 0 Å². The van der Waals surface area contributed by atoms with E-state index in [4.69, 9.17) is 0 Å². The van der Waals surface area contributed by atoms with Crippen LogP contribution >= 0.6 is 0 Å². The Morgan fingerprint density at radius 1 is 0.667 bits per heavy atom. The van der Waals surface area contributed by atoms with E-state index in [0.717, 1.165) is 26.2 Å². The van der Waals surface area contributed by atoms with Crippen LogP contribution in [0.15, 0.2) is 11.9 Å². The Bertz CT molecular complexity index is 270. The zero-order chi connectivity index (χ0) is 16.6. The second-order valence-corrected chi connectivity index (χ2v) is 8.20. The lowest BCUT2D eigenvalue weighted by molar-refractivity contribution is 0.251. The van der Waals surface area contributed by atoms with Crippen molar-refractivity contribution in [2.45, 2.75) is 62.3 Å². The van der Waals surface area contributed by atoms with E-state index < -0.39 is 0 Å². The van der Waals surface area contributed by atoms with Crippen LogP contribution in [0.4, 0.5) is 0 Å². The summed E-state index contributed by atoms with van der Waals surface area (Å²) in [5.74, 6) is 2.82. The van der Waals surface area contributed by atoms with Crippen molar-refractivity contribution < 1.29 is 0 Å². The maximum absolute atomic E-state index is 2.56. The van der Waals surface area contributed by atoms with Gasteiger partial charge < -0.3 is 9.80 Å². The van der Waals surface area contributed by atoms with Crippen LogP contribution in [0.2, 0.25) is 0 Å². The van der Waals surface area contributed by atoms with Gasteiger partial charge in [0.1, 0.15) is 0 Å². The third-order valence-electron chi connectivity index (χ3n) is 3.24. The molecule has 0 aromatic carbocycles. The van der Waals surface area contributed by atoms with Crippen molar-refractivity contribution in [2.75, 3.05) is 26.2 Å². The number of hydrogen-bond acceptors (Lipinski definition) is 2. The molecule has 0 aliphatic heterocycles. The summed E-state index contributed by atoms with van der Waals surface area (Å²) in [6, 6.07) is 0. The normalized spacial score (nSPS) is 12.9. The van der Waals surface area contributed by atoms with Gasteiger partial charge in [0.2, 0.25) is 0 Å². The fourth-order valence-electron chi connectivity index (χ4n) is 2.71. The molecule has 0 unspecified atom stereocenters. The monoisotopic (exact) mass is 296 g/mol. The molecule has 0 radical (unpaired) electrons. The molecule has 2 nitrogen and oxygen atoms in total. The molecular formula is C19H40N2. The van der Waals surface area contributed by atoms with Gasteiger partial charge >= 0.3 is 0 Å². The Hall–Kier alpha value is -0.660. The van der Waals surface area contributed by atoms with Crippen LogP contribution in [0.5, 0.6) is 0 Å². The summed E-state index contributed by atoms with van der Waals surface area (Å²) in [4.78, 5) is 5.07. The summed E-state index contributed by atoms with van der Waals surface area (Å²) >= 11 is 0. The lowest BCUT2D eigenvalue weighted by atomic mass is 10.1. The predicted octanol–water partition coefficient (Wildman–Crippen LogP) is 5.08. The zero-order valence-corrected chi connectivity index (χ0v) is 16.1. The van der Waals surface area contributed by atoms with Gasteiger partial charge in [0.15, 0.2) is 0 Å². The quantitative estimate of drug-likeness (QED) is 0.555. The maximum Gasteiger partial charge on any atom is 0.0263 e. The molecular weight excluding hydrogens is 256 g/mol. The van der Waals surface area contributed by atoms with E-state index in [9.17, 15) is 0 Å². The van der Waals surface area contributed by atoms with Crippen molar-refractivity contribution in [3.63, 3.8) is 0 Å². The molecule has 0 aromatic rings. The summed E-state index contributed by atoms with van der Waals surface area (Å²) in [6.45, 7) is 25.3. The SMILES string of the molecule is CC(=CN(CC(C)C)CC(C)C)N(CC(C)C)CC(C)C. The molecule has 0 rings (SSSR count). The highest BCUT2D eigenvalue weighted by Gasteiger charge is 2.12. The predicted molar refractivity (Wildman–Crippen MR) is 96.3 cm³/mol. The van der Waals surface area contributed by atoms with Gasteiger partial charge in [0.25, 0.3) is 0 Å². The van der Waals surface area contributed by atoms with Crippen molar-refractivity contribution in [3.05, 3.63) is 11.9 Å². The fourth-order valence-corrected chi connectivity index (χ4v) is 2.71. The van der Waals surface area contributed by atoms with E-state index in [-0.39, 0.29) is 0 Å². The number of allylic oxidation sites excluding steroid dienone is 1. The van der Waals surface area contributed by atoms with Crippen LogP contribution in [0.3, 0.4) is 0 Å². The number of hydrogen-bond donors (Lipinski definition) is 0. The van der Waals surface area contributed by atoms with Crippen molar-refractivity contribution in [2.24, 2.45) is 23.7 Å². The highest BCUT2D eigenvalue weighted by atomic mass is 15.2. The molecule has 0 heterocycles. The van der Waals surface area contributed by atoms with Gasteiger partial charge in [-0.2, -0.15) is 0 Å². The van der Waals surface area contributed by atoms with E-state index >= 15 is 0 Å². The second-order valence-electron chi connectivity index (χ2n) is 8.20. The van der Waals surface area contributed by atoms with Crippen LogP contribution in [-0.2, 0) is 0 Å². The van der Waals surface area contributed by atoms with Gasteiger partial charge in [0, 0.05) is 38.1 Å². The van der Waals surface area contributed by atoms with E-state index in [1.807, 2.05) is 0 Å². The van der Waals surface area contributed by atoms with E-state index in [0.29, 0.717) is 23.7 Å². The Kier molecular flexibility index (Phi) is 9.81. The average Bonchev–Trinajstić information content (AvgIpc) is 2.24. The first-order chi connectivity index (χ1) is 9.61. The summed E-state index contributed by atoms with van der Waals surface area (Å²) in [5.41, 5.74) is 1.42. The summed E-state index contributed by atoms with van der Waals surface area (Å²) < 4.78 is 0. The molecule has 0 aromatic heterocycles. The zero-order valence-electron chi connectivity index (χ0n) is 16.1. The van der Waals surface area contributed by atoms with Crippen molar-refractivity contribution in [1.29, 1.82) is 0 Å². The van der Waals surface area contributed by atoms with Crippen LogP contribution in [0.1, 0.15) is 62.3 Å². The molecule has 2 heteroatoms. The molecule has 126 valence electrons. The van der Waals surface area contributed by atoms with Gasteiger partial charge in [-0.05, 0) is 30.6 Å². The largest absolute Gasteiger partial charge is 0.375 e. The summed E-state index contributed by atoms with van der Waals surface area (Å²) in [6.07, 6.45) is 2.39. The molecule has 0 saturated carbocycles. The maximum atomic E-state index is 2.56. The lowest BCUT2D eigenvalue weighted by Crippen LogP contribution is -2.33. The van der Waals surface area contributed by atoms with Gasteiger partial charge in [-0.25, -0.2) is 0 Å². The molecule has 0 aliphatic carbocycles. The van der Waals surface area contributed by atoms with Crippen molar-refractivity contribution in [3.8, 4) is 0 Å². The minimum atomic E-state index is 0.704. The van der Waals surface area contributed by atoms with Crippen LogP contribution in [-0.4, -0.2) is 36.0 Å². The summed E-state index contributed by atoms with van der Waals surface area (Å²) in [7, 11) is 0. The van der Waals surface area contributed by atoms with Crippen molar-refractivity contribution >= 4 is 0 Å². The third kappa shape index (κ3) is 10.7. The first kappa shape index (κ1) is 20.3. The highest BCUT2D eigenvalue weighted by molar-refractivity contribution is 4.98. The minimum Gasteiger partial charge on any atom is -0.375 e. The topological polar surface area (TPSA) is 6.48 Å². The molecule has 0 aliphatic rings. The Morgan fingerprint density at radius 2 is 1.00 bits per heavy atom. The Labute approximate surface area is 134 Å². The van der Waals surface area contributed by atoms with E-state index in [1.54, 1.807) is 0 Å². The molecule has 0 fully saturated rings. The average molecular weight is 297 g/mol. The number of nitrogens with zero attached hydrogens (tertiary/aromatic N) is 2. The Balaban J connectivity index is 4.98. The van der Waals surface area contributed by atoms with Gasteiger partial charge in [0.05, 0.1) is 0 Å². The van der Waals surface area contributed by atoms with Gasteiger partial charge in [-0.15, -0.1) is 0 Å². The minimum absolute atomic E-state index is 0.704. The molecule has 0 amide bonds. The number of rotatable bonds is 10. The molecule has 0 spiro atoms. The van der Waals surface area contributed by atoms with Crippen LogP contribution < -0.4 is 0 Å². The third-order valence-corrected chi connectivity index (χ3v) is 3.24. The first-order valence-corrected chi connectivity index (χ1v) is 8.79. The second kappa shape index (κ2) is 10.1. The fraction of sp³-hybridized carbons (Fsp3) is 0.895. The summed E-state index contributed by atoms with van der Waals surface area (Å²) in [5, 5.41) is 0. The molecule has 0 atom stereocenters. The van der Waals surface area contributed by atoms with Crippen LogP contribution in [0, 0.1) is 23.7 Å². The molecule has 0 bridgehead atoms. The van der Waals surface area contributed by atoms with E-state index in [2.05, 4.69) is 78.3 Å².